The lowest BCUT2D eigenvalue weighted by atomic mass is 10.1. The van der Waals surface area contributed by atoms with Crippen LogP contribution in [0.3, 0.4) is 0 Å². The summed E-state index contributed by atoms with van der Waals surface area (Å²) in [4.78, 5) is 24.4. The van der Waals surface area contributed by atoms with Crippen LogP contribution in [0.1, 0.15) is 33.7 Å². The standard InChI is InChI=1S/C13H17N3OS/c1-6-16(5)13(17)11-7(2)10-8(3)14-9(4)15-12(10)18-11/h6H2,1-5H3. The Hall–Kier alpha value is -1.49. The molecule has 0 saturated heterocycles. The van der Waals surface area contributed by atoms with E-state index in [1.54, 1.807) is 4.90 Å². The van der Waals surface area contributed by atoms with Gasteiger partial charge in [0.25, 0.3) is 5.91 Å². The number of nitrogens with zero attached hydrogens (tertiary/aromatic N) is 3. The summed E-state index contributed by atoms with van der Waals surface area (Å²) in [6.45, 7) is 8.49. The van der Waals surface area contributed by atoms with Crippen LogP contribution in [0.15, 0.2) is 0 Å². The molecule has 0 atom stereocenters. The van der Waals surface area contributed by atoms with E-state index in [1.165, 1.54) is 11.3 Å². The molecule has 2 heterocycles. The van der Waals surface area contributed by atoms with Crippen molar-refractivity contribution in [3.63, 3.8) is 0 Å². The first-order chi connectivity index (χ1) is 8.45. The van der Waals surface area contributed by atoms with Crippen LogP contribution in [-0.2, 0) is 0 Å². The summed E-state index contributed by atoms with van der Waals surface area (Å²) in [6, 6.07) is 0. The van der Waals surface area contributed by atoms with Gasteiger partial charge in [0.15, 0.2) is 0 Å². The van der Waals surface area contributed by atoms with Crippen molar-refractivity contribution in [1.82, 2.24) is 14.9 Å². The van der Waals surface area contributed by atoms with Crippen LogP contribution in [-0.4, -0.2) is 34.4 Å². The lowest BCUT2D eigenvalue weighted by molar-refractivity contribution is 0.0806. The van der Waals surface area contributed by atoms with E-state index in [1.807, 2.05) is 34.7 Å². The van der Waals surface area contributed by atoms with Gasteiger partial charge in [-0.2, -0.15) is 0 Å². The van der Waals surface area contributed by atoms with Gasteiger partial charge < -0.3 is 4.90 Å². The molecule has 96 valence electrons. The summed E-state index contributed by atoms with van der Waals surface area (Å²) in [7, 11) is 1.82. The van der Waals surface area contributed by atoms with E-state index >= 15 is 0 Å². The van der Waals surface area contributed by atoms with Crippen molar-refractivity contribution in [2.45, 2.75) is 27.7 Å². The number of amides is 1. The van der Waals surface area contributed by atoms with Crippen LogP contribution in [0.4, 0.5) is 0 Å². The minimum Gasteiger partial charge on any atom is -0.341 e. The van der Waals surface area contributed by atoms with Crippen molar-refractivity contribution < 1.29 is 4.79 Å². The predicted octanol–water partition coefficient (Wildman–Crippen LogP) is 2.71. The van der Waals surface area contributed by atoms with Gasteiger partial charge in [0.05, 0.1) is 4.88 Å². The highest BCUT2D eigenvalue weighted by Crippen LogP contribution is 2.31. The smallest absolute Gasteiger partial charge is 0.264 e. The second-order valence-corrected chi connectivity index (χ2v) is 5.41. The molecule has 2 aromatic heterocycles. The number of aromatic nitrogens is 2. The number of hydrogen-bond donors (Lipinski definition) is 0. The first kappa shape index (κ1) is 13.0. The summed E-state index contributed by atoms with van der Waals surface area (Å²) < 4.78 is 0. The molecule has 0 spiro atoms. The Morgan fingerprint density at radius 1 is 1.28 bits per heavy atom. The number of carbonyl (C=O) groups excluding carboxylic acids is 1. The molecule has 0 fully saturated rings. The van der Waals surface area contributed by atoms with Crippen molar-refractivity contribution in [1.29, 1.82) is 0 Å². The molecule has 0 radical (unpaired) electrons. The van der Waals surface area contributed by atoms with Crippen molar-refractivity contribution in [3.05, 3.63) is 22.0 Å². The maximum Gasteiger partial charge on any atom is 0.264 e. The number of thiophene rings is 1. The summed E-state index contributed by atoms with van der Waals surface area (Å²) in [6.07, 6.45) is 0. The Morgan fingerprint density at radius 3 is 2.56 bits per heavy atom. The van der Waals surface area contributed by atoms with Crippen LogP contribution in [0.25, 0.3) is 10.2 Å². The first-order valence-corrected chi connectivity index (χ1v) is 6.77. The number of carbonyl (C=O) groups is 1. The van der Waals surface area contributed by atoms with Gasteiger partial charge in [0, 0.05) is 24.7 Å². The summed E-state index contributed by atoms with van der Waals surface area (Å²) in [5, 5.41) is 1.03. The van der Waals surface area contributed by atoms with Crippen molar-refractivity contribution in [3.8, 4) is 0 Å². The van der Waals surface area contributed by atoms with E-state index in [9.17, 15) is 4.79 Å². The molecule has 0 saturated carbocycles. The molecule has 0 aliphatic heterocycles. The zero-order chi connectivity index (χ0) is 13.4. The average molecular weight is 263 g/mol. The van der Waals surface area contributed by atoms with Gasteiger partial charge >= 0.3 is 0 Å². The van der Waals surface area contributed by atoms with E-state index in [2.05, 4.69) is 9.97 Å². The van der Waals surface area contributed by atoms with E-state index in [0.717, 1.165) is 32.2 Å². The van der Waals surface area contributed by atoms with Gasteiger partial charge in [-0.05, 0) is 33.3 Å². The maximum absolute atomic E-state index is 12.3. The Labute approximate surface area is 111 Å². The minimum absolute atomic E-state index is 0.0649. The Bertz CT molecular complexity index is 618. The third-order valence-electron chi connectivity index (χ3n) is 3.10. The molecule has 5 heteroatoms. The average Bonchev–Trinajstić information content (AvgIpc) is 2.64. The maximum atomic E-state index is 12.3. The molecule has 0 aromatic carbocycles. The molecule has 1 amide bonds. The second-order valence-electron chi connectivity index (χ2n) is 4.41. The fourth-order valence-electron chi connectivity index (χ4n) is 1.99. The highest BCUT2D eigenvalue weighted by molar-refractivity contribution is 7.20. The van der Waals surface area contributed by atoms with Crippen LogP contribution in [0.2, 0.25) is 0 Å². The fourth-order valence-corrected chi connectivity index (χ4v) is 3.27. The monoisotopic (exact) mass is 263 g/mol. The van der Waals surface area contributed by atoms with Gasteiger partial charge in [0.2, 0.25) is 0 Å². The Morgan fingerprint density at radius 2 is 1.94 bits per heavy atom. The molecule has 2 rings (SSSR count). The minimum atomic E-state index is 0.0649. The molecular weight excluding hydrogens is 246 g/mol. The van der Waals surface area contributed by atoms with Crippen LogP contribution < -0.4 is 0 Å². The van der Waals surface area contributed by atoms with Gasteiger partial charge in [-0.1, -0.05) is 0 Å². The number of fused-ring (bicyclic) bond motifs is 1. The summed E-state index contributed by atoms with van der Waals surface area (Å²) in [5.74, 6) is 0.819. The molecular formula is C13H17N3OS. The number of aryl methyl sites for hydroxylation is 3. The van der Waals surface area contributed by atoms with E-state index in [4.69, 9.17) is 0 Å². The summed E-state index contributed by atoms with van der Waals surface area (Å²) in [5.41, 5.74) is 1.95. The van der Waals surface area contributed by atoms with E-state index < -0.39 is 0 Å². The lowest BCUT2D eigenvalue weighted by Crippen LogP contribution is -2.25. The molecule has 0 N–H and O–H groups in total. The van der Waals surface area contributed by atoms with E-state index in [0.29, 0.717) is 6.54 Å². The van der Waals surface area contributed by atoms with E-state index in [-0.39, 0.29) is 5.91 Å². The molecule has 0 bridgehead atoms. The highest BCUT2D eigenvalue weighted by atomic mass is 32.1. The van der Waals surface area contributed by atoms with Gasteiger partial charge in [-0.3, -0.25) is 4.79 Å². The van der Waals surface area contributed by atoms with Crippen LogP contribution in [0.5, 0.6) is 0 Å². The van der Waals surface area contributed by atoms with Gasteiger partial charge in [-0.15, -0.1) is 11.3 Å². The predicted molar refractivity (Wildman–Crippen MR) is 74.3 cm³/mol. The Kier molecular flexibility index (Phi) is 3.34. The van der Waals surface area contributed by atoms with Gasteiger partial charge in [0.1, 0.15) is 10.7 Å². The fraction of sp³-hybridized carbons (Fsp3) is 0.462. The second kappa shape index (κ2) is 4.65. The highest BCUT2D eigenvalue weighted by Gasteiger charge is 2.20. The van der Waals surface area contributed by atoms with Crippen LogP contribution >= 0.6 is 11.3 Å². The summed E-state index contributed by atoms with van der Waals surface area (Å²) >= 11 is 1.46. The zero-order valence-electron chi connectivity index (χ0n) is 11.4. The number of rotatable bonds is 2. The topological polar surface area (TPSA) is 46.1 Å². The molecule has 4 nitrogen and oxygen atoms in total. The molecule has 0 unspecified atom stereocenters. The molecule has 0 aliphatic carbocycles. The molecule has 18 heavy (non-hydrogen) atoms. The van der Waals surface area contributed by atoms with Gasteiger partial charge in [-0.25, -0.2) is 9.97 Å². The van der Waals surface area contributed by atoms with Crippen molar-refractivity contribution in [2.24, 2.45) is 0 Å². The normalized spacial score (nSPS) is 10.9. The first-order valence-electron chi connectivity index (χ1n) is 5.95. The third-order valence-corrected chi connectivity index (χ3v) is 4.27. The van der Waals surface area contributed by atoms with Crippen molar-refractivity contribution in [2.75, 3.05) is 13.6 Å². The SMILES string of the molecule is CCN(C)C(=O)c1sc2nc(C)nc(C)c2c1C. The molecule has 2 aromatic rings. The quantitative estimate of drug-likeness (QED) is 0.837. The largest absolute Gasteiger partial charge is 0.341 e. The van der Waals surface area contributed by atoms with Crippen molar-refractivity contribution >= 4 is 27.5 Å². The van der Waals surface area contributed by atoms with Crippen LogP contribution in [0, 0.1) is 20.8 Å². The molecule has 0 aliphatic rings. The number of hydrogen-bond acceptors (Lipinski definition) is 4. The third kappa shape index (κ3) is 1.99. The zero-order valence-corrected chi connectivity index (χ0v) is 12.2. The Balaban J connectivity index is 2.64. The lowest BCUT2D eigenvalue weighted by Gasteiger charge is -2.13.